The van der Waals surface area contributed by atoms with Crippen LogP contribution in [-0.2, 0) is 11.3 Å². The lowest BCUT2D eigenvalue weighted by Crippen LogP contribution is -2.52. The van der Waals surface area contributed by atoms with E-state index in [0.717, 1.165) is 18.5 Å². The van der Waals surface area contributed by atoms with Crippen molar-refractivity contribution in [3.8, 4) is 0 Å². The Bertz CT molecular complexity index is 416. The molecule has 1 aliphatic rings. The van der Waals surface area contributed by atoms with Crippen LogP contribution < -0.4 is 5.32 Å². The topological polar surface area (TPSA) is 45.2 Å². The minimum absolute atomic E-state index is 0.171. The molecule has 98 valence electrons. The summed E-state index contributed by atoms with van der Waals surface area (Å²) in [5, 5.41) is 3.31. The van der Waals surface area contributed by atoms with Crippen molar-refractivity contribution in [1.29, 1.82) is 0 Å². The number of carbonyl (C=O) groups is 1. The Balaban J connectivity index is 2.20. The quantitative estimate of drug-likeness (QED) is 0.863. The Kier molecular flexibility index (Phi) is 3.66. The lowest BCUT2D eigenvalue weighted by Gasteiger charge is -2.32. The summed E-state index contributed by atoms with van der Waals surface area (Å²) in [6.07, 6.45) is 4.53. The molecular formula is C14H21N3O. The summed E-state index contributed by atoms with van der Waals surface area (Å²) >= 11 is 0. The summed E-state index contributed by atoms with van der Waals surface area (Å²) in [4.78, 5) is 18.5. The van der Waals surface area contributed by atoms with E-state index in [-0.39, 0.29) is 11.9 Å². The number of aromatic nitrogens is 1. The predicted molar refractivity (Wildman–Crippen MR) is 70.9 cm³/mol. The Morgan fingerprint density at radius 3 is 2.78 bits per heavy atom. The zero-order chi connectivity index (χ0) is 13.2. The molecule has 1 fully saturated rings. The fraction of sp³-hybridized carbons (Fsp3) is 0.571. The van der Waals surface area contributed by atoms with Gasteiger partial charge in [0, 0.05) is 25.0 Å². The molecule has 1 saturated heterocycles. The predicted octanol–water partition coefficient (Wildman–Crippen LogP) is 1.57. The van der Waals surface area contributed by atoms with Crippen molar-refractivity contribution in [3.05, 3.63) is 30.1 Å². The van der Waals surface area contributed by atoms with Gasteiger partial charge >= 0.3 is 0 Å². The van der Waals surface area contributed by atoms with Gasteiger partial charge in [-0.05, 0) is 51.4 Å². The molecule has 0 aliphatic carbocycles. The van der Waals surface area contributed by atoms with Gasteiger partial charge in [-0.1, -0.05) is 0 Å². The number of amides is 1. The van der Waals surface area contributed by atoms with Crippen LogP contribution in [0, 0.1) is 0 Å². The largest absolute Gasteiger partial charge is 0.334 e. The van der Waals surface area contributed by atoms with Gasteiger partial charge in [-0.2, -0.15) is 0 Å². The van der Waals surface area contributed by atoms with Crippen molar-refractivity contribution in [2.75, 3.05) is 6.54 Å². The van der Waals surface area contributed by atoms with Gasteiger partial charge in [-0.3, -0.25) is 9.78 Å². The molecule has 1 unspecified atom stereocenters. The number of pyridine rings is 1. The molecule has 0 saturated carbocycles. The van der Waals surface area contributed by atoms with Crippen LogP contribution in [0.2, 0.25) is 0 Å². The third kappa shape index (κ3) is 2.70. The van der Waals surface area contributed by atoms with Crippen molar-refractivity contribution >= 4 is 5.91 Å². The van der Waals surface area contributed by atoms with Crippen LogP contribution >= 0.6 is 0 Å². The SMILES string of the molecule is CC1CCNC(C)(C)C(=O)N1Cc1ccncc1. The summed E-state index contributed by atoms with van der Waals surface area (Å²) < 4.78 is 0. The van der Waals surface area contributed by atoms with E-state index in [1.807, 2.05) is 30.9 Å². The molecule has 1 atom stereocenters. The van der Waals surface area contributed by atoms with Crippen LogP contribution in [0.5, 0.6) is 0 Å². The number of nitrogens with one attached hydrogen (secondary N) is 1. The molecule has 1 aromatic rings. The molecule has 0 bridgehead atoms. The number of hydrogen-bond donors (Lipinski definition) is 1. The normalized spacial score (nSPS) is 23.8. The summed E-state index contributed by atoms with van der Waals surface area (Å²) in [5.74, 6) is 0.171. The maximum absolute atomic E-state index is 12.5. The third-order valence-corrected chi connectivity index (χ3v) is 3.56. The molecule has 1 N–H and O–H groups in total. The van der Waals surface area contributed by atoms with Gasteiger partial charge < -0.3 is 10.2 Å². The lowest BCUT2D eigenvalue weighted by molar-refractivity contribution is -0.138. The van der Waals surface area contributed by atoms with E-state index in [2.05, 4.69) is 17.2 Å². The highest BCUT2D eigenvalue weighted by Crippen LogP contribution is 2.19. The van der Waals surface area contributed by atoms with Crippen molar-refractivity contribution in [1.82, 2.24) is 15.2 Å². The Morgan fingerprint density at radius 1 is 1.44 bits per heavy atom. The smallest absolute Gasteiger partial charge is 0.242 e. The highest BCUT2D eigenvalue weighted by molar-refractivity contribution is 5.86. The second-order valence-corrected chi connectivity index (χ2v) is 5.48. The summed E-state index contributed by atoms with van der Waals surface area (Å²) in [7, 11) is 0. The Hall–Kier alpha value is -1.42. The van der Waals surface area contributed by atoms with E-state index < -0.39 is 5.54 Å². The van der Waals surface area contributed by atoms with E-state index in [0.29, 0.717) is 6.54 Å². The van der Waals surface area contributed by atoms with Gasteiger partial charge in [0.05, 0.1) is 5.54 Å². The zero-order valence-electron chi connectivity index (χ0n) is 11.3. The van der Waals surface area contributed by atoms with Crippen LogP contribution in [0.3, 0.4) is 0 Å². The first kappa shape index (κ1) is 13.0. The fourth-order valence-electron chi connectivity index (χ4n) is 2.30. The van der Waals surface area contributed by atoms with Gasteiger partial charge in [-0.25, -0.2) is 0 Å². The molecular weight excluding hydrogens is 226 g/mol. The first-order valence-electron chi connectivity index (χ1n) is 6.46. The van der Waals surface area contributed by atoms with E-state index in [1.165, 1.54) is 0 Å². The fourth-order valence-corrected chi connectivity index (χ4v) is 2.30. The molecule has 4 heteroatoms. The standard InChI is InChI=1S/C14H21N3O/c1-11-4-9-16-14(2,3)13(18)17(11)10-12-5-7-15-8-6-12/h5-8,11,16H,4,9-10H2,1-3H3. The van der Waals surface area contributed by atoms with Gasteiger partial charge in [0.15, 0.2) is 0 Å². The minimum Gasteiger partial charge on any atom is -0.334 e. The Morgan fingerprint density at radius 2 is 2.11 bits per heavy atom. The van der Waals surface area contributed by atoms with E-state index in [1.54, 1.807) is 12.4 Å². The first-order chi connectivity index (χ1) is 8.50. The molecule has 0 radical (unpaired) electrons. The molecule has 0 spiro atoms. The van der Waals surface area contributed by atoms with Crippen molar-refractivity contribution < 1.29 is 4.79 Å². The van der Waals surface area contributed by atoms with Crippen LogP contribution in [0.4, 0.5) is 0 Å². The minimum atomic E-state index is -0.474. The van der Waals surface area contributed by atoms with Crippen molar-refractivity contribution in [2.45, 2.75) is 45.3 Å². The van der Waals surface area contributed by atoms with E-state index in [9.17, 15) is 4.79 Å². The number of rotatable bonds is 2. The molecule has 2 rings (SSSR count). The van der Waals surface area contributed by atoms with Crippen LogP contribution in [0.15, 0.2) is 24.5 Å². The highest BCUT2D eigenvalue weighted by Gasteiger charge is 2.36. The number of carbonyl (C=O) groups excluding carboxylic acids is 1. The second-order valence-electron chi connectivity index (χ2n) is 5.48. The van der Waals surface area contributed by atoms with Crippen molar-refractivity contribution in [3.63, 3.8) is 0 Å². The first-order valence-corrected chi connectivity index (χ1v) is 6.46. The number of hydrogen-bond acceptors (Lipinski definition) is 3. The van der Waals surface area contributed by atoms with Gasteiger partial charge in [0.2, 0.25) is 5.91 Å². The molecule has 0 aromatic carbocycles. The third-order valence-electron chi connectivity index (χ3n) is 3.56. The monoisotopic (exact) mass is 247 g/mol. The van der Waals surface area contributed by atoms with Crippen LogP contribution in [-0.4, -0.2) is 33.9 Å². The van der Waals surface area contributed by atoms with Crippen molar-refractivity contribution in [2.24, 2.45) is 0 Å². The molecule has 2 heterocycles. The summed E-state index contributed by atoms with van der Waals surface area (Å²) in [5.41, 5.74) is 0.653. The molecule has 1 aromatic heterocycles. The molecule has 1 amide bonds. The summed E-state index contributed by atoms with van der Waals surface area (Å²) in [6.45, 7) is 7.56. The molecule has 18 heavy (non-hydrogen) atoms. The average Bonchev–Trinajstić information content (AvgIpc) is 2.43. The zero-order valence-corrected chi connectivity index (χ0v) is 11.3. The van der Waals surface area contributed by atoms with Gasteiger partial charge in [0.25, 0.3) is 0 Å². The lowest BCUT2D eigenvalue weighted by atomic mass is 10.0. The number of nitrogens with zero attached hydrogens (tertiary/aromatic N) is 2. The molecule has 1 aliphatic heterocycles. The molecule has 4 nitrogen and oxygen atoms in total. The van der Waals surface area contributed by atoms with Gasteiger partial charge in [-0.15, -0.1) is 0 Å². The van der Waals surface area contributed by atoms with Crippen LogP contribution in [0.25, 0.3) is 0 Å². The van der Waals surface area contributed by atoms with E-state index in [4.69, 9.17) is 0 Å². The highest BCUT2D eigenvalue weighted by atomic mass is 16.2. The Labute approximate surface area is 108 Å². The second kappa shape index (κ2) is 5.06. The maximum Gasteiger partial charge on any atom is 0.242 e. The van der Waals surface area contributed by atoms with Crippen LogP contribution in [0.1, 0.15) is 32.8 Å². The summed E-state index contributed by atoms with van der Waals surface area (Å²) in [6, 6.07) is 4.19. The van der Waals surface area contributed by atoms with Gasteiger partial charge in [0.1, 0.15) is 0 Å². The maximum atomic E-state index is 12.5. The van der Waals surface area contributed by atoms with E-state index >= 15 is 0 Å². The average molecular weight is 247 g/mol.